The second-order valence-electron chi connectivity index (χ2n) is 4.45. The SMILES string of the molecule is CC(C)(C)c1c(N)cccc1NC(=O)O. The van der Waals surface area contributed by atoms with Crippen molar-refractivity contribution < 1.29 is 9.90 Å². The van der Waals surface area contributed by atoms with Crippen molar-refractivity contribution in [2.45, 2.75) is 26.2 Å². The molecule has 4 N–H and O–H groups in total. The van der Waals surface area contributed by atoms with Crippen molar-refractivity contribution in [3.8, 4) is 0 Å². The Morgan fingerprint density at radius 2 is 2.00 bits per heavy atom. The van der Waals surface area contributed by atoms with E-state index in [0.717, 1.165) is 5.56 Å². The molecule has 0 saturated carbocycles. The predicted molar refractivity (Wildman–Crippen MR) is 61.2 cm³/mol. The fourth-order valence-electron chi connectivity index (χ4n) is 1.63. The van der Waals surface area contributed by atoms with Gasteiger partial charge < -0.3 is 10.8 Å². The first kappa shape index (κ1) is 11.4. The van der Waals surface area contributed by atoms with E-state index >= 15 is 0 Å². The van der Waals surface area contributed by atoms with Crippen LogP contribution >= 0.6 is 0 Å². The fourth-order valence-corrected chi connectivity index (χ4v) is 1.63. The van der Waals surface area contributed by atoms with Crippen molar-refractivity contribution in [2.75, 3.05) is 11.1 Å². The van der Waals surface area contributed by atoms with Gasteiger partial charge in [-0.2, -0.15) is 0 Å². The molecule has 0 saturated heterocycles. The summed E-state index contributed by atoms with van der Waals surface area (Å²) >= 11 is 0. The fraction of sp³-hybridized carbons (Fsp3) is 0.364. The molecule has 0 bridgehead atoms. The molecule has 1 rings (SSSR count). The zero-order chi connectivity index (χ0) is 11.6. The molecule has 0 fully saturated rings. The zero-order valence-corrected chi connectivity index (χ0v) is 9.16. The Balaban J connectivity index is 3.27. The van der Waals surface area contributed by atoms with Gasteiger partial charge in [0.15, 0.2) is 0 Å². The molecule has 0 heterocycles. The topological polar surface area (TPSA) is 75.3 Å². The Bertz CT molecular complexity index is 381. The summed E-state index contributed by atoms with van der Waals surface area (Å²) in [6.45, 7) is 5.98. The van der Waals surface area contributed by atoms with Gasteiger partial charge in [-0.3, -0.25) is 5.32 Å². The summed E-state index contributed by atoms with van der Waals surface area (Å²) in [5.41, 5.74) is 7.64. The normalized spacial score (nSPS) is 11.1. The third kappa shape index (κ3) is 2.62. The minimum Gasteiger partial charge on any atom is -0.465 e. The lowest BCUT2D eigenvalue weighted by atomic mass is 9.84. The van der Waals surface area contributed by atoms with Gasteiger partial charge in [-0.25, -0.2) is 4.79 Å². The second kappa shape index (κ2) is 3.81. The molecule has 0 aromatic heterocycles. The predicted octanol–water partition coefficient (Wildman–Crippen LogP) is 2.66. The third-order valence-electron chi connectivity index (χ3n) is 2.09. The summed E-state index contributed by atoms with van der Waals surface area (Å²) in [5.74, 6) is 0. The number of rotatable bonds is 1. The summed E-state index contributed by atoms with van der Waals surface area (Å²) in [4.78, 5) is 10.6. The monoisotopic (exact) mass is 208 g/mol. The van der Waals surface area contributed by atoms with Crippen LogP contribution in [0.2, 0.25) is 0 Å². The second-order valence-corrected chi connectivity index (χ2v) is 4.45. The van der Waals surface area contributed by atoms with Crippen molar-refractivity contribution in [3.63, 3.8) is 0 Å². The molecule has 0 aliphatic rings. The molecule has 0 atom stereocenters. The molecule has 0 spiro atoms. The number of hydrogen-bond donors (Lipinski definition) is 3. The van der Waals surface area contributed by atoms with Gasteiger partial charge >= 0.3 is 6.09 Å². The van der Waals surface area contributed by atoms with Crippen molar-refractivity contribution >= 4 is 17.5 Å². The minimum absolute atomic E-state index is 0.191. The summed E-state index contributed by atoms with van der Waals surface area (Å²) in [5, 5.41) is 11.1. The molecule has 0 radical (unpaired) electrons. The van der Waals surface area contributed by atoms with Crippen LogP contribution in [-0.2, 0) is 5.41 Å². The first-order valence-electron chi connectivity index (χ1n) is 4.71. The molecule has 4 heteroatoms. The molecule has 1 aromatic rings. The quantitative estimate of drug-likeness (QED) is 0.621. The largest absolute Gasteiger partial charge is 0.465 e. The number of anilines is 2. The van der Waals surface area contributed by atoms with Crippen LogP contribution in [0.5, 0.6) is 0 Å². The van der Waals surface area contributed by atoms with E-state index in [9.17, 15) is 4.79 Å². The van der Waals surface area contributed by atoms with Gasteiger partial charge in [-0.15, -0.1) is 0 Å². The Kier molecular flexibility index (Phi) is 2.88. The summed E-state index contributed by atoms with van der Waals surface area (Å²) in [6, 6.07) is 5.22. The lowest BCUT2D eigenvalue weighted by molar-refractivity contribution is 0.209. The van der Waals surface area contributed by atoms with E-state index < -0.39 is 6.09 Å². The first-order chi connectivity index (χ1) is 6.82. The number of nitrogens with two attached hydrogens (primary N) is 1. The number of carboxylic acid groups (broad SMARTS) is 1. The smallest absolute Gasteiger partial charge is 0.409 e. The number of benzene rings is 1. The molecule has 0 aliphatic carbocycles. The molecular weight excluding hydrogens is 192 g/mol. The number of amides is 1. The van der Waals surface area contributed by atoms with Crippen LogP contribution in [-0.4, -0.2) is 11.2 Å². The van der Waals surface area contributed by atoms with Gasteiger partial charge in [0.1, 0.15) is 0 Å². The molecular formula is C11H16N2O2. The molecule has 0 unspecified atom stereocenters. The Morgan fingerprint density at radius 3 is 2.47 bits per heavy atom. The average molecular weight is 208 g/mol. The number of nitrogen functional groups attached to an aromatic ring is 1. The van der Waals surface area contributed by atoms with Gasteiger partial charge in [0, 0.05) is 16.9 Å². The standard InChI is InChI=1S/C11H16N2O2/c1-11(2,3)9-7(12)5-4-6-8(9)13-10(14)15/h4-6,13H,12H2,1-3H3,(H,14,15). The van der Waals surface area contributed by atoms with Crippen molar-refractivity contribution in [2.24, 2.45) is 0 Å². The lowest BCUT2D eigenvalue weighted by Gasteiger charge is -2.24. The van der Waals surface area contributed by atoms with Crippen molar-refractivity contribution in [3.05, 3.63) is 23.8 Å². The Labute approximate surface area is 89.1 Å². The van der Waals surface area contributed by atoms with Gasteiger partial charge in [0.2, 0.25) is 0 Å². The molecule has 0 aliphatic heterocycles. The van der Waals surface area contributed by atoms with E-state index in [4.69, 9.17) is 10.8 Å². The molecule has 15 heavy (non-hydrogen) atoms. The van der Waals surface area contributed by atoms with Crippen LogP contribution in [0.1, 0.15) is 26.3 Å². The Morgan fingerprint density at radius 1 is 1.40 bits per heavy atom. The van der Waals surface area contributed by atoms with E-state index in [1.807, 2.05) is 20.8 Å². The van der Waals surface area contributed by atoms with Crippen LogP contribution in [0.4, 0.5) is 16.2 Å². The number of carbonyl (C=O) groups is 1. The molecule has 1 aromatic carbocycles. The van der Waals surface area contributed by atoms with Gasteiger partial charge in [-0.1, -0.05) is 26.8 Å². The highest BCUT2D eigenvalue weighted by molar-refractivity contribution is 5.86. The summed E-state index contributed by atoms with van der Waals surface area (Å²) < 4.78 is 0. The average Bonchev–Trinajstić information content (AvgIpc) is 1.99. The van der Waals surface area contributed by atoms with Crippen LogP contribution in [0.15, 0.2) is 18.2 Å². The van der Waals surface area contributed by atoms with E-state index in [1.165, 1.54) is 0 Å². The van der Waals surface area contributed by atoms with Gasteiger partial charge in [-0.05, 0) is 17.5 Å². The summed E-state index contributed by atoms with van der Waals surface area (Å²) in [6.07, 6.45) is -1.08. The third-order valence-corrected chi connectivity index (χ3v) is 2.09. The van der Waals surface area contributed by atoms with E-state index in [1.54, 1.807) is 18.2 Å². The van der Waals surface area contributed by atoms with E-state index in [2.05, 4.69) is 5.32 Å². The highest BCUT2D eigenvalue weighted by Crippen LogP contribution is 2.34. The number of nitrogens with one attached hydrogen (secondary N) is 1. The first-order valence-corrected chi connectivity index (χ1v) is 4.71. The summed E-state index contributed by atoms with van der Waals surface area (Å²) in [7, 11) is 0. The lowest BCUT2D eigenvalue weighted by Crippen LogP contribution is -2.19. The van der Waals surface area contributed by atoms with Crippen LogP contribution in [0, 0.1) is 0 Å². The minimum atomic E-state index is -1.08. The van der Waals surface area contributed by atoms with Crippen molar-refractivity contribution in [1.82, 2.24) is 0 Å². The van der Waals surface area contributed by atoms with Gasteiger partial charge in [0.25, 0.3) is 0 Å². The maximum atomic E-state index is 10.6. The Hall–Kier alpha value is -1.71. The van der Waals surface area contributed by atoms with E-state index in [0.29, 0.717) is 11.4 Å². The van der Waals surface area contributed by atoms with Gasteiger partial charge in [0.05, 0.1) is 0 Å². The zero-order valence-electron chi connectivity index (χ0n) is 9.16. The van der Waals surface area contributed by atoms with Crippen molar-refractivity contribution in [1.29, 1.82) is 0 Å². The molecule has 4 nitrogen and oxygen atoms in total. The maximum absolute atomic E-state index is 10.6. The van der Waals surface area contributed by atoms with Crippen LogP contribution < -0.4 is 11.1 Å². The highest BCUT2D eigenvalue weighted by atomic mass is 16.4. The maximum Gasteiger partial charge on any atom is 0.409 e. The van der Waals surface area contributed by atoms with Crippen LogP contribution in [0.3, 0.4) is 0 Å². The molecule has 82 valence electrons. The number of hydrogen-bond acceptors (Lipinski definition) is 2. The van der Waals surface area contributed by atoms with Crippen LogP contribution in [0.25, 0.3) is 0 Å². The highest BCUT2D eigenvalue weighted by Gasteiger charge is 2.21. The molecule has 1 amide bonds. The van der Waals surface area contributed by atoms with E-state index in [-0.39, 0.29) is 5.41 Å².